The van der Waals surface area contributed by atoms with Gasteiger partial charge in [0.1, 0.15) is 5.65 Å². The van der Waals surface area contributed by atoms with Crippen molar-refractivity contribution < 1.29 is 9.90 Å². The molecule has 8 heteroatoms. The number of carbonyl (C=O) groups is 1. The van der Waals surface area contributed by atoms with Gasteiger partial charge >= 0.3 is 0 Å². The molecule has 0 saturated heterocycles. The third kappa shape index (κ3) is 4.30. The third-order valence-corrected chi connectivity index (χ3v) is 5.95. The van der Waals surface area contributed by atoms with E-state index in [2.05, 4.69) is 4.98 Å². The van der Waals surface area contributed by atoms with Crippen LogP contribution in [0.4, 0.5) is 0 Å². The molecule has 0 amide bonds. The van der Waals surface area contributed by atoms with Gasteiger partial charge < -0.3 is 9.67 Å². The Labute approximate surface area is 188 Å². The van der Waals surface area contributed by atoms with Gasteiger partial charge in [-0.1, -0.05) is 47.6 Å². The molecule has 158 valence electrons. The summed E-state index contributed by atoms with van der Waals surface area (Å²) in [7, 11) is 0. The number of ketones is 1. The maximum atomic E-state index is 12.8. The summed E-state index contributed by atoms with van der Waals surface area (Å²) in [6, 6.07) is 16.0. The molecule has 0 fully saturated rings. The molecule has 2 aromatic heterocycles. The molecule has 2 heterocycles. The zero-order valence-electron chi connectivity index (χ0n) is 16.8. The van der Waals surface area contributed by atoms with Crippen molar-refractivity contribution in [3.05, 3.63) is 92.9 Å². The molecule has 0 saturated carbocycles. The SMILES string of the molecule is CSc1nc2c(ccn2Cc2ccc(C(=O)c3ccc(Cl)cc3)cc2)c(=O)n1CCO. The van der Waals surface area contributed by atoms with E-state index in [1.54, 1.807) is 42.5 Å². The number of hydrogen-bond acceptors (Lipinski definition) is 5. The maximum absolute atomic E-state index is 12.8. The van der Waals surface area contributed by atoms with Crippen LogP contribution < -0.4 is 5.56 Å². The Balaban J connectivity index is 1.61. The molecule has 0 spiro atoms. The average Bonchev–Trinajstić information content (AvgIpc) is 3.19. The first kappa shape index (κ1) is 21.4. The van der Waals surface area contributed by atoms with Crippen LogP contribution in [0.5, 0.6) is 0 Å². The molecule has 0 atom stereocenters. The van der Waals surface area contributed by atoms with Crippen LogP contribution in [0.25, 0.3) is 11.0 Å². The average molecular weight is 454 g/mol. The van der Waals surface area contributed by atoms with E-state index in [1.165, 1.54) is 16.3 Å². The van der Waals surface area contributed by atoms with Gasteiger partial charge in [-0.25, -0.2) is 4.98 Å². The van der Waals surface area contributed by atoms with Gasteiger partial charge in [-0.15, -0.1) is 0 Å². The first-order valence-electron chi connectivity index (χ1n) is 9.65. The monoisotopic (exact) mass is 453 g/mol. The second-order valence-corrected chi connectivity index (χ2v) is 8.20. The molecule has 0 aliphatic heterocycles. The second kappa shape index (κ2) is 9.09. The van der Waals surface area contributed by atoms with Crippen LogP contribution in [0, 0.1) is 0 Å². The van der Waals surface area contributed by atoms with E-state index in [0.717, 1.165) is 5.56 Å². The molecule has 2 aromatic carbocycles. The van der Waals surface area contributed by atoms with Crippen molar-refractivity contribution in [2.75, 3.05) is 12.9 Å². The number of aliphatic hydroxyl groups excluding tert-OH is 1. The smallest absolute Gasteiger partial charge is 0.263 e. The predicted molar refractivity (Wildman–Crippen MR) is 123 cm³/mol. The van der Waals surface area contributed by atoms with Crippen LogP contribution in [0.1, 0.15) is 21.5 Å². The summed E-state index contributed by atoms with van der Waals surface area (Å²) >= 11 is 7.26. The van der Waals surface area contributed by atoms with E-state index in [1.807, 2.05) is 29.2 Å². The van der Waals surface area contributed by atoms with Gasteiger partial charge in [-0.05, 0) is 42.2 Å². The summed E-state index contributed by atoms with van der Waals surface area (Å²) in [5, 5.41) is 10.9. The molecule has 0 aliphatic carbocycles. The van der Waals surface area contributed by atoms with Gasteiger partial charge in [0, 0.05) is 28.9 Å². The van der Waals surface area contributed by atoms with E-state index < -0.39 is 0 Å². The second-order valence-electron chi connectivity index (χ2n) is 6.99. The van der Waals surface area contributed by atoms with Gasteiger partial charge in [0.2, 0.25) is 0 Å². The first-order valence-corrected chi connectivity index (χ1v) is 11.3. The van der Waals surface area contributed by atoms with E-state index in [9.17, 15) is 14.7 Å². The molecule has 4 rings (SSSR count). The van der Waals surface area contributed by atoms with Gasteiger partial charge in [-0.3, -0.25) is 14.2 Å². The number of benzene rings is 2. The number of halogens is 1. The zero-order valence-corrected chi connectivity index (χ0v) is 18.4. The number of aliphatic hydroxyl groups is 1. The Bertz CT molecular complexity index is 1290. The molecule has 0 bridgehead atoms. The fourth-order valence-corrected chi connectivity index (χ4v) is 4.14. The van der Waals surface area contributed by atoms with Crippen LogP contribution in [0.3, 0.4) is 0 Å². The molecule has 0 radical (unpaired) electrons. The zero-order chi connectivity index (χ0) is 22.0. The van der Waals surface area contributed by atoms with Gasteiger partial charge in [-0.2, -0.15) is 0 Å². The molecule has 1 N–H and O–H groups in total. The van der Waals surface area contributed by atoms with Gasteiger partial charge in [0.15, 0.2) is 10.9 Å². The van der Waals surface area contributed by atoms with Crippen LogP contribution in [0.2, 0.25) is 5.02 Å². The van der Waals surface area contributed by atoms with Crippen LogP contribution >= 0.6 is 23.4 Å². The minimum absolute atomic E-state index is 0.0645. The van der Waals surface area contributed by atoms with Crippen molar-refractivity contribution in [2.24, 2.45) is 0 Å². The molecule has 6 nitrogen and oxygen atoms in total. The van der Waals surface area contributed by atoms with Crippen molar-refractivity contribution in [3.63, 3.8) is 0 Å². The third-order valence-electron chi connectivity index (χ3n) is 5.02. The van der Waals surface area contributed by atoms with Crippen LogP contribution in [-0.2, 0) is 13.1 Å². The Morgan fingerprint density at radius 3 is 2.32 bits per heavy atom. The summed E-state index contributed by atoms with van der Waals surface area (Å²) in [4.78, 5) is 30.1. The van der Waals surface area contributed by atoms with E-state index >= 15 is 0 Å². The quantitative estimate of drug-likeness (QED) is 0.261. The Kier molecular flexibility index (Phi) is 6.27. The van der Waals surface area contributed by atoms with Gasteiger partial charge in [0.05, 0.1) is 18.5 Å². The molecule has 0 unspecified atom stereocenters. The number of thioether (sulfide) groups is 1. The number of carbonyl (C=O) groups excluding carboxylic acids is 1. The fourth-order valence-electron chi connectivity index (χ4n) is 3.45. The number of hydrogen-bond donors (Lipinski definition) is 1. The van der Waals surface area contributed by atoms with Crippen molar-refractivity contribution in [3.8, 4) is 0 Å². The number of fused-ring (bicyclic) bond motifs is 1. The number of rotatable bonds is 7. The van der Waals surface area contributed by atoms with Crippen molar-refractivity contribution >= 4 is 40.2 Å². The van der Waals surface area contributed by atoms with Crippen molar-refractivity contribution in [1.29, 1.82) is 0 Å². The van der Waals surface area contributed by atoms with Crippen molar-refractivity contribution in [2.45, 2.75) is 18.2 Å². The Morgan fingerprint density at radius 2 is 1.71 bits per heavy atom. The molecule has 31 heavy (non-hydrogen) atoms. The highest BCUT2D eigenvalue weighted by Crippen LogP contribution is 2.19. The number of nitrogens with zero attached hydrogens (tertiary/aromatic N) is 3. The summed E-state index contributed by atoms with van der Waals surface area (Å²) in [5.41, 5.74) is 2.60. The summed E-state index contributed by atoms with van der Waals surface area (Å²) in [5.74, 6) is -0.0645. The van der Waals surface area contributed by atoms with E-state index in [-0.39, 0.29) is 24.5 Å². The predicted octanol–water partition coefficient (Wildman–Crippen LogP) is 3.84. The standard InChI is InChI=1S/C23H20ClN3O3S/c1-31-23-25-21-19(22(30)27(23)12-13-28)10-11-26(21)14-15-2-4-16(5-3-15)20(29)17-6-8-18(24)9-7-17/h2-11,28H,12-14H2,1H3. The van der Waals surface area contributed by atoms with Crippen molar-refractivity contribution in [1.82, 2.24) is 14.1 Å². The first-order chi connectivity index (χ1) is 15.0. The van der Waals surface area contributed by atoms with Crippen LogP contribution in [-0.4, -0.2) is 37.9 Å². The lowest BCUT2D eigenvalue weighted by Gasteiger charge is -2.11. The lowest BCUT2D eigenvalue weighted by molar-refractivity contribution is 0.103. The highest BCUT2D eigenvalue weighted by molar-refractivity contribution is 7.98. The minimum Gasteiger partial charge on any atom is -0.395 e. The largest absolute Gasteiger partial charge is 0.395 e. The topological polar surface area (TPSA) is 77.1 Å². The lowest BCUT2D eigenvalue weighted by atomic mass is 10.0. The molecule has 4 aromatic rings. The van der Waals surface area contributed by atoms with E-state index in [0.29, 0.717) is 38.9 Å². The Morgan fingerprint density at radius 1 is 1.06 bits per heavy atom. The molecule has 0 aliphatic rings. The summed E-state index contributed by atoms with van der Waals surface area (Å²) in [6.07, 6.45) is 3.68. The molecular formula is C23H20ClN3O3S. The normalized spacial score (nSPS) is 11.2. The fraction of sp³-hybridized carbons (Fsp3) is 0.174. The molecular weight excluding hydrogens is 434 g/mol. The van der Waals surface area contributed by atoms with Crippen LogP contribution in [0.15, 0.2) is 70.7 Å². The highest BCUT2D eigenvalue weighted by atomic mass is 35.5. The summed E-state index contributed by atoms with van der Waals surface area (Å²) < 4.78 is 3.41. The highest BCUT2D eigenvalue weighted by Gasteiger charge is 2.14. The maximum Gasteiger partial charge on any atom is 0.263 e. The lowest BCUT2D eigenvalue weighted by Crippen LogP contribution is -2.24. The minimum atomic E-state index is -0.161. The Hall–Kier alpha value is -2.87. The summed E-state index contributed by atoms with van der Waals surface area (Å²) in [6.45, 7) is 0.609. The van der Waals surface area contributed by atoms with E-state index in [4.69, 9.17) is 11.6 Å². The van der Waals surface area contributed by atoms with Gasteiger partial charge in [0.25, 0.3) is 5.56 Å². The number of aromatic nitrogens is 3.